The van der Waals surface area contributed by atoms with E-state index in [1.54, 1.807) is 42.5 Å². The first-order chi connectivity index (χ1) is 12.0. The van der Waals surface area contributed by atoms with Crippen molar-refractivity contribution in [1.29, 1.82) is 0 Å². The maximum Gasteiger partial charge on any atom is 0.253 e. The molecule has 2 rings (SSSR count). The van der Waals surface area contributed by atoms with Gasteiger partial charge >= 0.3 is 0 Å². The lowest BCUT2D eigenvalue weighted by atomic mass is 10.1. The van der Waals surface area contributed by atoms with Gasteiger partial charge in [-0.05, 0) is 42.8 Å². The largest absolute Gasteiger partial charge is 0.375 e. The molecule has 0 fully saturated rings. The van der Waals surface area contributed by atoms with Crippen molar-refractivity contribution in [3.63, 3.8) is 0 Å². The van der Waals surface area contributed by atoms with E-state index in [1.165, 1.54) is 0 Å². The number of anilines is 2. The van der Waals surface area contributed by atoms with Crippen molar-refractivity contribution < 1.29 is 9.59 Å². The van der Waals surface area contributed by atoms with E-state index < -0.39 is 0 Å². The van der Waals surface area contributed by atoms with E-state index in [9.17, 15) is 9.59 Å². The predicted octanol–water partition coefficient (Wildman–Crippen LogP) is 4.18. The van der Waals surface area contributed by atoms with Gasteiger partial charge in [-0.1, -0.05) is 36.2 Å². The Morgan fingerprint density at radius 2 is 1.80 bits per heavy atom. The van der Waals surface area contributed by atoms with Gasteiger partial charge in [-0.25, -0.2) is 0 Å². The molecule has 0 saturated carbocycles. The van der Waals surface area contributed by atoms with Crippen LogP contribution in [0.1, 0.15) is 23.7 Å². The first-order valence-corrected chi connectivity index (χ1v) is 8.62. The van der Waals surface area contributed by atoms with Crippen LogP contribution in [0.5, 0.6) is 0 Å². The SMILES string of the molecule is CCCNC(=O)c1ccc(Cl)cc1NCC(=O)Nc1cccc(Cl)c1. The summed E-state index contributed by atoms with van der Waals surface area (Å²) in [6, 6.07) is 11.8. The molecule has 0 radical (unpaired) electrons. The van der Waals surface area contributed by atoms with E-state index in [4.69, 9.17) is 23.2 Å². The van der Waals surface area contributed by atoms with Crippen molar-refractivity contribution in [3.05, 3.63) is 58.1 Å². The average molecular weight is 380 g/mol. The van der Waals surface area contributed by atoms with Crippen molar-refractivity contribution in [2.24, 2.45) is 0 Å². The van der Waals surface area contributed by atoms with Crippen molar-refractivity contribution in [2.75, 3.05) is 23.7 Å². The highest BCUT2D eigenvalue weighted by atomic mass is 35.5. The third-order valence-electron chi connectivity index (χ3n) is 3.31. The van der Waals surface area contributed by atoms with Gasteiger partial charge in [-0.2, -0.15) is 0 Å². The quantitative estimate of drug-likeness (QED) is 0.675. The minimum atomic E-state index is -0.262. The van der Waals surface area contributed by atoms with Crippen LogP contribution >= 0.6 is 23.2 Å². The van der Waals surface area contributed by atoms with Gasteiger partial charge in [0, 0.05) is 28.0 Å². The topological polar surface area (TPSA) is 70.2 Å². The van der Waals surface area contributed by atoms with E-state index in [0.717, 1.165) is 6.42 Å². The summed E-state index contributed by atoms with van der Waals surface area (Å²) in [4.78, 5) is 24.3. The number of rotatable bonds is 7. The number of halogens is 2. The number of benzene rings is 2. The van der Waals surface area contributed by atoms with Crippen LogP contribution in [0.3, 0.4) is 0 Å². The van der Waals surface area contributed by atoms with E-state index in [-0.39, 0.29) is 18.4 Å². The summed E-state index contributed by atoms with van der Waals surface area (Å²) >= 11 is 11.9. The minimum Gasteiger partial charge on any atom is -0.375 e. The molecule has 0 atom stereocenters. The van der Waals surface area contributed by atoms with Crippen LogP contribution in [0.25, 0.3) is 0 Å². The first kappa shape index (κ1) is 19.1. The molecule has 0 heterocycles. The molecule has 2 aromatic carbocycles. The Labute approximate surface area is 156 Å². The Hall–Kier alpha value is -2.24. The summed E-state index contributed by atoms with van der Waals surface area (Å²) in [5, 5.41) is 9.51. The third kappa shape index (κ3) is 5.96. The van der Waals surface area contributed by atoms with Crippen LogP contribution in [0.15, 0.2) is 42.5 Å². The van der Waals surface area contributed by atoms with Gasteiger partial charge in [0.2, 0.25) is 5.91 Å². The van der Waals surface area contributed by atoms with Crippen molar-refractivity contribution >= 4 is 46.4 Å². The van der Waals surface area contributed by atoms with E-state index >= 15 is 0 Å². The van der Waals surface area contributed by atoms with Crippen LogP contribution < -0.4 is 16.0 Å². The lowest BCUT2D eigenvalue weighted by Gasteiger charge is -2.13. The fourth-order valence-corrected chi connectivity index (χ4v) is 2.50. The predicted molar refractivity (Wildman–Crippen MR) is 103 cm³/mol. The zero-order chi connectivity index (χ0) is 18.2. The number of nitrogens with one attached hydrogen (secondary N) is 3. The molecule has 0 saturated heterocycles. The van der Waals surface area contributed by atoms with Gasteiger partial charge in [0.15, 0.2) is 0 Å². The molecule has 0 unspecified atom stereocenters. The molecule has 132 valence electrons. The molecular weight excluding hydrogens is 361 g/mol. The molecule has 2 amide bonds. The Balaban J connectivity index is 2.02. The van der Waals surface area contributed by atoms with Crippen LogP contribution in [0.2, 0.25) is 10.0 Å². The van der Waals surface area contributed by atoms with E-state index in [1.807, 2.05) is 6.92 Å². The third-order valence-corrected chi connectivity index (χ3v) is 3.78. The standard InChI is InChI=1S/C18H19Cl2N3O2/c1-2-8-21-18(25)15-7-6-13(20)10-16(15)22-11-17(24)23-14-5-3-4-12(19)9-14/h3-7,9-10,22H,2,8,11H2,1H3,(H,21,25)(H,23,24). The second-order valence-electron chi connectivity index (χ2n) is 5.36. The number of hydrogen-bond acceptors (Lipinski definition) is 3. The fourth-order valence-electron chi connectivity index (χ4n) is 2.14. The monoisotopic (exact) mass is 379 g/mol. The second-order valence-corrected chi connectivity index (χ2v) is 6.23. The normalized spacial score (nSPS) is 10.2. The summed E-state index contributed by atoms with van der Waals surface area (Å²) in [5.74, 6) is -0.474. The summed E-state index contributed by atoms with van der Waals surface area (Å²) in [7, 11) is 0. The Morgan fingerprint density at radius 1 is 1.04 bits per heavy atom. The Bertz CT molecular complexity index is 766. The molecule has 0 aromatic heterocycles. The van der Waals surface area contributed by atoms with Crippen LogP contribution in [0.4, 0.5) is 11.4 Å². The van der Waals surface area contributed by atoms with E-state index in [2.05, 4.69) is 16.0 Å². The zero-order valence-electron chi connectivity index (χ0n) is 13.7. The maximum absolute atomic E-state index is 12.2. The number of amides is 2. The summed E-state index contributed by atoms with van der Waals surface area (Å²) < 4.78 is 0. The van der Waals surface area contributed by atoms with Crippen molar-refractivity contribution in [3.8, 4) is 0 Å². The molecule has 0 aliphatic carbocycles. The summed E-state index contributed by atoms with van der Waals surface area (Å²) in [5.41, 5.74) is 1.54. The Morgan fingerprint density at radius 3 is 2.52 bits per heavy atom. The maximum atomic E-state index is 12.2. The molecule has 0 bridgehead atoms. The highest BCUT2D eigenvalue weighted by molar-refractivity contribution is 6.31. The van der Waals surface area contributed by atoms with Gasteiger partial charge in [0.1, 0.15) is 0 Å². The fraction of sp³-hybridized carbons (Fsp3) is 0.222. The van der Waals surface area contributed by atoms with Gasteiger partial charge in [-0.15, -0.1) is 0 Å². The smallest absolute Gasteiger partial charge is 0.253 e. The first-order valence-electron chi connectivity index (χ1n) is 7.86. The molecule has 5 nitrogen and oxygen atoms in total. The van der Waals surface area contributed by atoms with Crippen molar-refractivity contribution in [2.45, 2.75) is 13.3 Å². The highest BCUT2D eigenvalue weighted by Crippen LogP contribution is 2.21. The number of hydrogen-bond donors (Lipinski definition) is 3. The minimum absolute atomic E-state index is 0.0130. The van der Waals surface area contributed by atoms with Gasteiger partial charge in [0.25, 0.3) is 5.91 Å². The lowest BCUT2D eigenvalue weighted by molar-refractivity contribution is -0.114. The highest BCUT2D eigenvalue weighted by Gasteiger charge is 2.12. The summed E-state index contributed by atoms with van der Waals surface area (Å²) in [6.45, 7) is 2.54. The second kappa shape index (κ2) is 9.30. The van der Waals surface area contributed by atoms with Gasteiger partial charge in [0.05, 0.1) is 12.1 Å². The molecular formula is C18H19Cl2N3O2. The Kier molecular flexibility index (Phi) is 7.10. The average Bonchev–Trinajstić information content (AvgIpc) is 2.58. The zero-order valence-corrected chi connectivity index (χ0v) is 15.2. The van der Waals surface area contributed by atoms with Crippen LogP contribution in [0, 0.1) is 0 Å². The van der Waals surface area contributed by atoms with Crippen LogP contribution in [-0.2, 0) is 4.79 Å². The molecule has 25 heavy (non-hydrogen) atoms. The molecule has 3 N–H and O–H groups in total. The molecule has 7 heteroatoms. The lowest BCUT2D eigenvalue weighted by Crippen LogP contribution is -2.27. The molecule has 0 aliphatic rings. The van der Waals surface area contributed by atoms with E-state index in [0.29, 0.717) is 33.5 Å². The summed E-state index contributed by atoms with van der Waals surface area (Å²) in [6.07, 6.45) is 0.837. The van der Waals surface area contributed by atoms with Crippen LogP contribution in [-0.4, -0.2) is 24.9 Å². The number of carbonyl (C=O) groups is 2. The molecule has 0 aliphatic heterocycles. The van der Waals surface area contributed by atoms with Gasteiger partial charge in [-0.3, -0.25) is 9.59 Å². The molecule has 2 aromatic rings. The molecule has 0 spiro atoms. The van der Waals surface area contributed by atoms with Gasteiger partial charge < -0.3 is 16.0 Å². The van der Waals surface area contributed by atoms with Crippen molar-refractivity contribution in [1.82, 2.24) is 5.32 Å². The number of carbonyl (C=O) groups excluding carboxylic acids is 2.